The van der Waals surface area contributed by atoms with Crippen LogP contribution in [-0.4, -0.2) is 51.3 Å². The fourth-order valence-corrected chi connectivity index (χ4v) is 8.11. The minimum Gasteiger partial charge on any atom is -0.494 e. The van der Waals surface area contributed by atoms with E-state index in [0.717, 1.165) is 63.1 Å². The zero-order chi connectivity index (χ0) is 39.9. The molecule has 0 saturated carbocycles. The number of amides is 2. The van der Waals surface area contributed by atoms with Gasteiger partial charge in [0.2, 0.25) is 11.8 Å². The average molecular weight is 822 g/mol. The number of aliphatic imine (C=N–C) groups is 1. The lowest BCUT2D eigenvalue weighted by molar-refractivity contribution is -0.121. The number of carbonyl (C=O) groups excluding carboxylic acids is 2. The Kier molecular flexibility index (Phi) is 12.7. The van der Waals surface area contributed by atoms with Gasteiger partial charge in [0.05, 0.1) is 25.3 Å². The Morgan fingerprint density at radius 2 is 1.54 bits per heavy atom. The summed E-state index contributed by atoms with van der Waals surface area (Å²) in [5.74, 6) is 3.03. The summed E-state index contributed by atoms with van der Waals surface area (Å²) in [4.78, 5) is 34.0. The molecule has 0 aliphatic carbocycles. The van der Waals surface area contributed by atoms with Crippen molar-refractivity contribution in [2.45, 2.75) is 52.6 Å². The lowest BCUT2D eigenvalue weighted by Crippen LogP contribution is -2.31. The number of aryl methyl sites for hydroxylation is 2. The molecule has 0 radical (unpaired) electrons. The zero-order valence-corrected chi connectivity index (χ0v) is 34.2. The number of hydrogen-bond donors (Lipinski definition) is 1. The van der Waals surface area contributed by atoms with Crippen LogP contribution in [0.5, 0.6) is 17.2 Å². The standard InChI is InChI=1S/C44H42Cl2N6O4S/c1-28-29(2)57-44-41(28)42(32-11-13-33(46)14-12-32)48-38(43-50-49-30(3)52(43)44)25-39(53)47-23-7-8-24-55-35-19-21-37(22-20-35)56-36-17-15-34(16-18-36)51(40(54)26-45)27-31-9-5-4-6-10-31/h4-6,9-22,38H,7-8,23-27H2,1-3H3,(H,47,53). The Morgan fingerprint density at radius 1 is 0.860 bits per heavy atom. The van der Waals surface area contributed by atoms with E-state index in [1.807, 2.05) is 115 Å². The minimum absolute atomic E-state index is 0.107. The number of halogens is 2. The number of benzene rings is 4. The van der Waals surface area contributed by atoms with Crippen molar-refractivity contribution >= 4 is 57.8 Å². The van der Waals surface area contributed by atoms with Gasteiger partial charge >= 0.3 is 0 Å². The lowest BCUT2D eigenvalue weighted by Gasteiger charge is -2.22. The molecule has 7 rings (SSSR count). The van der Waals surface area contributed by atoms with Gasteiger partial charge in [0.15, 0.2) is 5.82 Å². The molecule has 3 heterocycles. The van der Waals surface area contributed by atoms with E-state index in [-0.39, 0.29) is 24.1 Å². The molecule has 1 aliphatic rings. The van der Waals surface area contributed by atoms with E-state index >= 15 is 0 Å². The number of rotatable bonds is 15. The van der Waals surface area contributed by atoms with Gasteiger partial charge in [-0.1, -0.05) is 54.1 Å². The highest BCUT2D eigenvalue weighted by Gasteiger charge is 2.32. The van der Waals surface area contributed by atoms with Crippen molar-refractivity contribution in [3.05, 3.63) is 147 Å². The SMILES string of the molecule is Cc1sc2c(c1C)C(c1ccc(Cl)cc1)=NC(CC(=O)NCCCCOc1ccc(Oc3ccc(N(Cc4ccccc4)C(=O)CCl)cc3)cc1)c1nnc(C)n1-2. The fourth-order valence-electron chi connectivity index (χ4n) is 6.62. The summed E-state index contributed by atoms with van der Waals surface area (Å²) in [6, 6.07) is 31.7. The molecule has 2 amide bonds. The number of hydrogen-bond acceptors (Lipinski definition) is 8. The first-order valence-corrected chi connectivity index (χ1v) is 20.5. The van der Waals surface area contributed by atoms with Crippen LogP contribution < -0.4 is 19.7 Å². The smallest absolute Gasteiger partial charge is 0.242 e. The summed E-state index contributed by atoms with van der Waals surface area (Å²) in [7, 11) is 0. The summed E-state index contributed by atoms with van der Waals surface area (Å²) < 4.78 is 14.1. The van der Waals surface area contributed by atoms with Crippen LogP contribution >= 0.6 is 34.5 Å². The van der Waals surface area contributed by atoms with E-state index in [2.05, 4.69) is 29.4 Å². The second-order valence-corrected chi connectivity index (χ2v) is 15.6. The van der Waals surface area contributed by atoms with Gasteiger partial charge in [-0.05, 0) is 105 Å². The Balaban J connectivity index is 0.890. The summed E-state index contributed by atoms with van der Waals surface area (Å²) in [6.07, 6.45) is 1.64. The predicted octanol–water partition coefficient (Wildman–Crippen LogP) is 9.73. The molecule has 1 N–H and O–H groups in total. The Morgan fingerprint density at radius 3 is 2.25 bits per heavy atom. The number of thiophene rings is 1. The van der Waals surface area contributed by atoms with Crippen LogP contribution in [0.2, 0.25) is 5.02 Å². The molecule has 0 bridgehead atoms. The van der Waals surface area contributed by atoms with Crippen LogP contribution in [0.25, 0.3) is 5.00 Å². The number of anilines is 1. The second-order valence-electron chi connectivity index (χ2n) is 13.7. The topological polar surface area (TPSA) is 111 Å². The molecule has 0 saturated heterocycles. The number of carbonyl (C=O) groups is 2. The van der Waals surface area contributed by atoms with Gasteiger partial charge in [0.25, 0.3) is 0 Å². The lowest BCUT2D eigenvalue weighted by atomic mass is 9.99. The maximum absolute atomic E-state index is 13.3. The molecule has 0 spiro atoms. The van der Waals surface area contributed by atoms with Crippen molar-refractivity contribution in [3.63, 3.8) is 0 Å². The van der Waals surface area contributed by atoms with Gasteiger partial charge < -0.3 is 19.7 Å². The van der Waals surface area contributed by atoms with Crippen LogP contribution in [0, 0.1) is 20.8 Å². The summed E-state index contributed by atoms with van der Waals surface area (Å²) in [6.45, 7) is 7.57. The first-order chi connectivity index (χ1) is 27.7. The van der Waals surface area contributed by atoms with Gasteiger partial charge in [-0.2, -0.15) is 0 Å². The number of nitrogens with one attached hydrogen (secondary N) is 1. The number of alkyl halides is 1. The quantitative estimate of drug-likeness (QED) is 0.0816. The molecular formula is C44H42Cl2N6O4S. The van der Waals surface area contributed by atoms with Crippen molar-refractivity contribution < 1.29 is 19.1 Å². The average Bonchev–Trinajstić information content (AvgIpc) is 3.71. The third-order valence-electron chi connectivity index (χ3n) is 9.70. The van der Waals surface area contributed by atoms with Crippen molar-refractivity contribution in [1.29, 1.82) is 0 Å². The molecule has 1 unspecified atom stereocenters. The van der Waals surface area contributed by atoms with E-state index in [0.29, 0.717) is 42.0 Å². The summed E-state index contributed by atoms with van der Waals surface area (Å²) in [5, 5.41) is 13.6. The van der Waals surface area contributed by atoms with Crippen LogP contribution in [0.4, 0.5) is 5.69 Å². The van der Waals surface area contributed by atoms with E-state index in [1.54, 1.807) is 16.2 Å². The van der Waals surface area contributed by atoms with E-state index < -0.39 is 6.04 Å². The maximum Gasteiger partial charge on any atom is 0.242 e. The molecule has 1 atom stereocenters. The highest BCUT2D eigenvalue weighted by atomic mass is 35.5. The third kappa shape index (κ3) is 9.39. The first kappa shape index (κ1) is 39.7. The normalized spacial score (nSPS) is 13.2. The summed E-state index contributed by atoms with van der Waals surface area (Å²) >= 11 is 13.8. The van der Waals surface area contributed by atoms with Crippen LogP contribution in [-0.2, 0) is 16.1 Å². The zero-order valence-electron chi connectivity index (χ0n) is 31.9. The summed E-state index contributed by atoms with van der Waals surface area (Å²) in [5.41, 5.74) is 5.68. The van der Waals surface area contributed by atoms with Gasteiger partial charge in [-0.25, -0.2) is 0 Å². The van der Waals surface area contributed by atoms with Crippen LogP contribution in [0.15, 0.2) is 108 Å². The molecule has 57 heavy (non-hydrogen) atoms. The Labute approximate surface area is 346 Å². The minimum atomic E-state index is -0.520. The number of aromatic nitrogens is 3. The highest BCUT2D eigenvalue weighted by Crippen LogP contribution is 2.39. The highest BCUT2D eigenvalue weighted by molar-refractivity contribution is 7.15. The van der Waals surface area contributed by atoms with Crippen molar-refractivity contribution in [1.82, 2.24) is 20.1 Å². The Hall–Kier alpha value is -5.49. The first-order valence-electron chi connectivity index (χ1n) is 18.7. The molecule has 2 aromatic heterocycles. The van der Waals surface area contributed by atoms with Crippen molar-refractivity contribution in [2.75, 3.05) is 23.9 Å². The largest absolute Gasteiger partial charge is 0.494 e. The van der Waals surface area contributed by atoms with Crippen molar-refractivity contribution in [2.24, 2.45) is 4.99 Å². The van der Waals surface area contributed by atoms with Crippen molar-refractivity contribution in [3.8, 4) is 22.2 Å². The maximum atomic E-state index is 13.3. The van der Waals surface area contributed by atoms with Gasteiger partial charge in [-0.3, -0.25) is 19.1 Å². The van der Waals surface area contributed by atoms with Gasteiger partial charge in [0, 0.05) is 33.3 Å². The molecule has 4 aromatic carbocycles. The molecule has 0 fully saturated rings. The van der Waals surface area contributed by atoms with E-state index in [9.17, 15) is 9.59 Å². The fraction of sp³-hybridized carbons (Fsp3) is 0.250. The van der Waals surface area contributed by atoms with Gasteiger partial charge in [0.1, 0.15) is 40.0 Å². The second kappa shape index (κ2) is 18.2. The molecule has 292 valence electrons. The van der Waals surface area contributed by atoms with E-state index in [4.69, 9.17) is 37.7 Å². The monoisotopic (exact) mass is 820 g/mol. The van der Waals surface area contributed by atoms with Crippen LogP contribution in [0.3, 0.4) is 0 Å². The van der Waals surface area contributed by atoms with Crippen LogP contribution in [0.1, 0.15) is 64.1 Å². The molecular weight excluding hydrogens is 779 g/mol. The number of fused-ring (bicyclic) bond motifs is 3. The number of unbranched alkanes of at least 4 members (excludes halogenated alkanes) is 1. The predicted molar refractivity (Wildman–Crippen MR) is 227 cm³/mol. The van der Waals surface area contributed by atoms with Gasteiger partial charge in [-0.15, -0.1) is 33.1 Å². The third-order valence-corrected chi connectivity index (χ3v) is 11.4. The number of nitrogens with zero attached hydrogens (tertiary/aromatic N) is 5. The Bertz CT molecular complexity index is 2360. The molecule has 6 aromatic rings. The molecule has 1 aliphatic heterocycles. The number of ether oxygens (including phenoxy) is 2. The van der Waals surface area contributed by atoms with E-state index in [1.165, 1.54) is 4.88 Å². The molecule has 10 nitrogen and oxygen atoms in total. The molecule has 13 heteroatoms.